The lowest BCUT2D eigenvalue weighted by molar-refractivity contribution is -0.134. The number of nitrogens with zero attached hydrogens (tertiary/aromatic N) is 1. The second-order valence-corrected chi connectivity index (χ2v) is 3.76. The summed E-state index contributed by atoms with van der Waals surface area (Å²) in [5, 5.41) is 8.94. The van der Waals surface area contributed by atoms with Gasteiger partial charge in [-0.05, 0) is 19.3 Å². The molecule has 4 heteroatoms. The summed E-state index contributed by atoms with van der Waals surface area (Å²) >= 11 is 0. The first kappa shape index (κ1) is 12.0. The van der Waals surface area contributed by atoms with Gasteiger partial charge in [0, 0.05) is 6.42 Å². The molecule has 0 amide bonds. The molecule has 0 aliphatic rings. The topological polar surface area (TPSA) is 50.1 Å². The molecular formula is C9H16BNO2. The summed E-state index contributed by atoms with van der Waals surface area (Å²) in [6.45, 7) is 5.85. The normalized spacial score (nSPS) is 14.7. The molecule has 3 nitrogen and oxygen atoms in total. The van der Waals surface area contributed by atoms with Gasteiger partial charge in [-0.15, -0.1) is 0 Å². The maximum Gasteiger partial charge on any atom is 0.325 e. The van der Waals surface area contributed by atoms with Gasteiger partial charge in [-0.1, -0.05) is 13.8 Å². The van der Waals surface area contributed by atoms with E-state index in [0.29, 0.717) is 12.8 Å². The van der Waals surface area contributed by atoms with Crippen molar-refractivity contribution in [2.45, 2.75) is 33.6 Å². The third kappa shape index (κ3) is 3.50. The number of hydrogen-bond donors (Lipinski definition) is 0. The monoisotopic (exact) mass is 181 g/mol. The molecule has 0 N–H and O–H groups in total. The van der Waals surface area contributed by atoms with Gasteiger partial charge in [0.05, 0.1) is 11.5 Å². The Morgan fingerprint density at radius 1 is 1.69 bits per heavy atom. The first-order valence-electron chi connectivity index (χ1n) is 4.44. The highest BCUT2D eigenvalue weighted by Crippen LogP contribution is 2.31. The van der Waals surface area contributed by atoms with Gasteiger partial charge >= 0.3 is 8.05 Å². The Bertz CT molecular complexity index is 222. The van der Waals surface area contributed by atoms with Crippen molar-refractivity contribution in [2.75, 3.05) is 0 Å². The standard InChI is InChI=1S/C9H16BNO2/c1-7(2)9(3,6-11)5-4-8(12)13-10/h7H,4-5,10H2,1-3H3. The second-order valence-electron chi connectivity index (χ2n) is 3.76. The molecule has 0 aliphatic carbocycles. The van der Waals surface area contributed by atoms with Crippen LogP contribution in [0.2, 0.25) is 0 Å². The van der Waals surface area contributed by atoms with E-state index in [4.69, 9.17) is 5.26 Å². The number of carbonyl (C=O) groups is 1. The van der Waals surface area contributed by atoms with E-state index >= 15 is 0 Å². The van der Waals surface area contributed by atoms with Crippen LogP contribution >= 0.6 is 0 Å². The fourth-order valence-corrected chi connectivity index (χ4v) is 0.937. The molecule has 1 atom stereocenters. The third-order valence-corrected chi connectivity index (χ3v) is 2.61. The SMILES string of the molecule is BOC(=O)CCC(C)(C#N)C(C)C. The fraction of sp³-hybridized carbons (Fsp3) is 0.778. The summed E-state index contributed by atoms with van der Waals surface area (Å²) in [5.41, 5.74) is -0.422. The predicted molar refractivity (Wildman–Crippen MR) is 52.4 cm³/mol. The molecule has 0 aromatic carbocycles. The van der Waals surface area contributed by atoms with E-state index in [2.05, 4.69) is 10.7 Å². The molecule has 0 aromatic heterocycles. The number of rotatable bonds is 4. The van der Waals surface area contributed by atoms with Crippen LogP contribution in [0.1, 0.15) is 33.6 Å². The van der Waals surface area contributed by atoms with E-state index in [1.165, 1.54) is 8.05 Å². The van der Waals surface area contributed by atoms with Gasteiger partial charge in [0.25, 0.3) is 5.97 Å². The zero-order valence-electron chi connectivity index (χ0n) is 8.76. The van der Waals surface area contributed by atoms with Crippen molar-refractivity contribution in [3.63, 3.8) is 0 Å². The van der Waals surface area contributed by atoms with Crippen molar-refractivity contribution >= 4 is 14.0 Å². The maximum absolute atomic E-state index is 10.9. The quantitative estimate of drug-likeness (QED) is 0.609. The van der Waals surface area contributed by atoms with Crippen LogP contribution in [-0.4, -0.2) is 14.0 Å². The summed E-state index contributed by atoms with van der Waals surface area (Å²) in [6.07, 6.45) is 0.882. The first-order chi connectivity index (χ1) is 5.96. The summed E-state index contributed by atoms with van der Waals surface area (Å²) in [4.78, 5) is 10.9. The Labute approximate surface area is 80.5 Å². The smallest absolute Gasteiger partial charge is 0.325 e. The molecule has 0 radical (unpaired) electrons. The largest absolute Gasteiger partial charge is 0.543 e. The molecule has 0 bridgehead atoms. The molecular weight excluding hydrogens is 165 g/mol. The van der Waals surface area contributed by atoms with Gasteiger partial charge < -0.3 is 4.65 Å². The van der Waals surface area contributed by atoms with E-state index in [0.717, 1.165) is 0 Å². The zero-order valence-corrected chi connectivity index (χ0v) is 8.76. The van der Waals surface area contributed by atoms with Gasteiger partial charge in [-0.3, -0.25) is 4.79 Å². The molecule has 0 fully saturated rings. The summed E-state index contributed by atoms with van der Waals surface area (Å²) in [6, 6.07) is 2.25. The molecule has 0 spiro atoms. The Morgan fingerprint density at radius 3 is 2.54 bits per heavy atom. The lowest BCUT2D eigenvalue weighted by atomic mass is 9.77. The van der Waals surface area contributed by atoms with Crippen LogP contribution in [-0.2, 0) is 9.45 Å². The van der Waals surface area contributed by atoms with E-state index in [1.54, 1.807) is 0 Å². The predicted octanol–water partition coefficient (Wildman–Crippen LogP) is 1.04. The van der Waals surface area contributed by atoms with Crippen LogP contribution in [0.25, 0.3) is 0 Å². The number of hydrogen-bond acceptors (Lipinski definition) is 3. The third-order valence-electron chi connectivity index (χ3n) is 2.61. The van der Waals surface area contributed by atoms with E-state index in [9.17, 15) is 4.79 Å². The molecule has 0 saturated carbocycles. The molecule has 13 heavy (non-hydrogen) atoms. The van der Waals surface area contributed by atoms with Crippen LogP contribution in [0.5, 0.6) is 0 Å². The van der Waals surface area contributed by atoms with Gasteiger partial charge in [0.15, 0.2) is 0 Å². The van der Waals surface area contributed by atoms with E-state index in [1.807, 2.05) is 20.8 Å². The minimum absolute atomic E-state index is 0.248. The van der Waals surface area contributed by atoms with Crippen molar-refractivity contribution in [1.82, 2.24) is 0 Å². The fourth-order valence-electron chi connectivity index (χ4n) is 0.937. The van der Waals surface area contributed by atoms with Gasteiger partial charge in [0.1, 0.15) is 0 Å². The lowest BCUT2D eigenvalue weighted by Gasteiger charge is -2.25. The Hall–Kier alpha value is -0.975. The molecule has 0 heterocycles. The first-order valence-corrected chi connectivity index (χ1v) is 4.44. The maximum atomic E-state index is 10.9. The van der Waals surface area contributed by atoms with Crippen LogP contribution in [0.15, 0.2) is 0 Å². The highest BCUT2D eigenvalue weighted by Gasteiger charge is 2.28. The van der Waals surface area contributed by atoms with Crippen molar-refractivity contribution in [3.05, 3.63) is 0 Å². The minimum Gasteiger partial charge on any atom is -0.543 e. The molecule has 0 rings (SSSR count). The average Bonchev–Trinajstić information content (AvgIpc) is 2.13. The van der Waals surface area contributed by atoms with Crippen molar-refractivity contribution in [3.8, 4) is 6.07 Å². The molecule has 72 valence electrons. The second kappa shape index (κ2) is 4.91. The number of carbonyl (C=O) groups excluding carboxylic acids is 1. The van der Waals surface area contributed by atoms with Gasteiger partial charge in [0.2, 0.25) is 0 Å². The summed E-state index contributed by atoms with van der Waals surface area (Å²) in [7, 11) is 1.36. The summed E-state index contributed by atoms with van der Waals surface area (Å²) < 4.78 is 4.52. The van der Waals surface area contributed by atoms with Crippen molar-refractivity contribution in [1.29, 1.82) is 5.26 Å². The van der Waals surface area contributed by atoms with Crippen molar-refractivity contribution in [2.24, 2.45) is 11.3 Å². The van der Waals surface area contributed by atoms with Gasteiger partial charge in [-0.25, -0.2) is 0 Å². The molecule has 0 saturated heterocycles. The van der Waals surface area contributed by atoms with Crippen LogP contribution in [0, 0.1) is 22.7 Å². The lowest BCUT2D eigenvalue weighted by Crippen LogP contribution is -2.22. The molecule has 1 unspecified atom stereocenters. The minimum atomic E-state index is -0.422. The van der Waals surface area contributed by atoms with Gasteiger partial charge in [-0.2, -0.15) is 5.26 Å². The van der Waals surface area contributed by atoms with Crippen LogP contribution < -0.4 is 0 Å². The number of nitriles is 1. The Morgan fingerprint density at radius 2 is 2.23 bits per heavy atom. The van der Waals surface area contributed by atoms with Crippen molar-refractivity contribution < 1.29 is 9.45 Å². The summed E-state index contributed by atoms with van der Waals surface area (Å²) in [5.74, 6) is 0.00396. The highest BCUT2D eigenvalue weighted by molar-refractivity contribution is 6.05. The molecule has 0 aliphatic heterocycles. The van der Waals surface area contributed by atoms with E-state index < -0.39 is 5.41 Å². The Kier molecular flexibility index (Phi) is 4.54. The Balaban J connectivity index is 4.16. The van der Waals surface area contributed by atoms with Crippen LogP contribution in [0.4, 0.5) is 0 Å². The van der Waals surface area contributed by atoms with Crippen LogP contribution in [0.3, 0.4) is 0 Å². The van der Waals surface area contributed by atoms with E-state index in [-0.39, 0.29) is 11.9 Å². The highest BCUT2D eigenvalue weighted by atomic mass is 16.5. The zero-order chi connectivity index (χ0) is 10.5. The molecule has 0 aromatic rings. The average molecular weight is 181 g/mol.